The fourth-order valence-corrected chi connectivity index (χ4v) is 1.76. The molecule has 0 aromatic heterocycles. The Kier molecular flexibility index (Phi) is 4.39. The van der Waals surface area contributed by atoms with Gasteiger partial charge in [0.15, 0.2) is 0 Å². The maximum Gasteiger partial charge on any atom is 0.123 e. The van der Waals surface area contributed by atoms with E-state index >= 15 is 0 Å². The smallest absolute Gasteiger partial charge is 0.123 e. The van der Waals surface area contributed by atoms with Crippen molar-refractivity contribution in [1.82, 2.24) is 0 Å². The van der Waals surface area contributed by atoms with E-state index < -0.39 is 6.10 Å². The van der Waals surface area contributed by atoms with Crippen molar-refractivity contribution in [3.63, 3.8) is 0 Å². The lowest BCUT2D eigenvalue weighted by Gasteiger charge is -2.15. The number of hydrogen-bond donors (Lipinski definition) is 2. The first kappa shape index (κ1) is 12.3. The van der Waals surface area contributed by atoms with E-state index in [4.69, 9.17) is 22.1 Å². The van der Waals surface area contributed by atoms with Crippen molar-refractivity contribution >= 4 is 11.6 Å². The minimum Gasteiger partial charge on any atom is -0.496 e. The zero-order chi connectivity index (χ0) is 11.4. The summed E-state index contributed by atoms with van der Waals surface area (Å²) in [5, 5.41) is 10.4. The molecule has 1 aromatic rings. The van der Waals surface area contributed by atoms with Crippen LogP contribution in [0.2, 0.25) is 5.02 Å². The Labute approximate surface area is 94.8 Å². The van der Waals surface area contributed by atoms with Crippen LogP contribution in [0.25, 0.3) is 0 Å². The molecule has 0 radical (unpaired) electrons. The molecule has 0 saturated carbocycles. The molecule has 1 rings (SSSR count). The summed E-state index contributed by atoms with van der Waals surface area (Å²) < 4.78 is 5.17. The molecule has 0 bridgehead atoms. The van der Waals surface area contributed by atoms with Gasteiger partial charge in [0, 0.05) is 5.02 Å². The van der Waals surface area contributed by atoms with Gasteiger partial charge in [0.2, 0.25) is 0 Å². The second kappa shape index (κ2) is 5.35. The van der Waals surface area contributed by atoms with E-state index in [9.17, 15) is 5.11 Å². The molecule has 0 aliphatic heterocycles. The lowest BCUT2D eigenvalue weighted by Crippen LogP contribution is -2.08. The number of aliphatic hydroxyl groups excluding tert-OH is 1. The van der Waals surface area contributed by atoms with Crippen molar-refractivity contribution in [1.29, 1.82) is 0 Å². The summed E-state index contributed by atoms with van der Waals surface area (Å²) in [7, 11) is 1.58. The third-order valence-corrected chi connectivity index (χ3v) is 2.60. The first-order valence-electron chi connectivity index (χ1n) is 4.82. The van der Waals surface area contributed by atoms with Crippen LogP contribution in [0.4, 0.5) is 0 Å². The highest BCUT2D eigenvalue weighted by Crippen LogP contribution is 2.31. The number of methoxy groups -OCH3 is 1. The molecule has 3 N–H and O–H groups in total. The predicted octanol–water partition coefficient (Wildman–Crippen LogP) is 2.04. The molecule has 4 heteroatoms. The van der Waals surface area contributed by atoms with E-state index in [0.717, 1.165) is 11.1 Å². The van der Waals surface area contributed by atoms with Gasteiger partial charge in [-0.15, -0.1) is 0 Å². The minimum atomic E-state index is -0.581. The first-order valence-corrected chi connectivity index (χ1v) is 5.20. The van der Waals surface area contributed by atoms with Crippen LogP contribution in [0.15, 0.2) is 12.1 Å². The fraction of sp³-hybridized carbons (Fsp3) is 0.455. The van der Waals surface area contributed by atoms with Gasteiger partial charge in [-0.05, 0) is 43.1 Å². The number of ether oxygens (including phenoxy) is 1. The topological polar surface area (TPSA) is 55.5 Å². The van der Waals surface area contributed by atoms with E-state index in [1.165, 1.54) is 0 Å². The van der Waals surface area contributed by atoms with Gasteiger partial charge in [0.05, 0.1) is 13.2 Å². The SMILES string of the molecule is COc1cc(Cl)cc(C(O)CCN)c1C. The van der Waals surface area contributed by atoms with Gasteiger partial charge in [0.1, 0.15) is 5.75 Å². The number of aliphatic hydroxyl groups is 1. The molecule has 1 atom stereocenters. The van der Waals surface area contributed by atoms with Gasteiger partial charge in [0.25, 0.3) is 0 Å². The summed E-state index contributed by atoms with van der Waals surface area (Å²) in [5.74, 6) is 0.688. The van der Waals surface area contributed by atoms with E-state index in [-0.39, 0.29) is 0 Å². The van der Waals surface area contributed by atoms with Gasteiger partial charge in [-0.3, -0.25) is 0 Å². The maximum absolute atomic E-state index is 9.85. The van der Waals surface area contributed by atoms with E-state index in [1.807, 2.05) is 6.92 Å². The molecule has 3 nitrogen and oxygen atoms in total. The Bertz CT molecular complexity index is 342. The highest BCUT2D eigenvalue weighted by molar-refractivity contribution is 6.30. The number of nitrogens with two attached hydrogens (primary N) is 1. The molecule has 0 aliphatic rings. The van der Waals surface area contributed by atoms with Crippen LogP contribution in [-0.4, -0.2) is 18.8 Å². The molecule has 15 heavy (non-hydrogen) atoms. The summed E-state index contributed by atoms with van der Waals surface area (Å²) in [6.07, 6.45) is -0.0627. The van der Waals surface area contributed by atoms with E-state index in [2.05, 4.69) is 0 Å². The van der Waals surface area contributed by atoms with Gasteiger partial charge >= 0.3 is 0 Å². The largest absolute Gasteiger partial charge is 0.496 e. The Morgan fingerprint density at radius 1 is 1.53 bits per heavy atom. The highest BCUT2D eigenvalue weighted by Gasteiger charge is 2.13. The Hall–Kier alpha value is -0.770. The van der Waals surface area contributed by atoms with Crippen LogP contribution in [0.5, 0.6) is 5.75 Å². The maximum atomic E-state index is 9.85. The fourth-order valence-electron chi connectivity index (χ4n) is 1.55. The average molecular weight is 230 g/mol. The van der Waals surface area contributed by atoms with Crippen LogP contribution in [0.3, 0.4) is 0 Å². The van der Waals surface area contributed by atoms with Gasteiger partial charge in [-0.25, -0.2) is 0 Å². The van der Waals surface area contributed by atoms with Crippen LogP contribution < -0.4 is 10.5 Å². The molecular weight excluding hydrogens is 214 g/mol. The molecule has 84 valence electrons. The lowest BCUT2D eigenvalue weighted by atomic mass is 10.0. The first-order chi connectivity index (χ1) is 7.10. The standard InChI is InChI=1S/C11H16ClNO2/c1-7-9(10(14)3-4-13)5-8(12)6-11(7)15-2/h5-6,10,14H,3-4,13H2,1-2H3. The highest BCUT2D eigenvalue weighted by atomic mass is 35.5. The second-order valence-electron chi connectivity index (χ2n) is 3.42. The normalized spacial score (nSPS) is 12.6. The zero-order valence-electron chi connectivity index (χ0n) is 8.96. The van der Waals surface area contributed by atoms with Crippen molar-refractivity contribution in [3.05, 3.63) is 28.3 Å². The molecule has 0 fully saturated rings. The monoisotopic (exact) mass is 229 g/mol. The van der Waals surface area contributed by atoms with Crippen molar-refractivity contribution < 1.29 is 9.84 Å². The predicted molar refractivity (Wildman–Crippen MR) is 61.4 cm³/mol. The van der Waals surface area contributed by atoms with Gasteiger partial charge in [-0.2, -0.15) is 0 Å². The van der Waals surface area contributed by atoms with Gasteiger partial charge in [-0.1, -0.05) is 11.6 Å². The molecular formula is C11H16ClNO2. The van der Waals surface area contributed by atoms with E-state index in [0.29, 0.717) is 23.7 Å². The van der Waals surface area contributed by atoms with Crippen molar-refractivity contribution in [3.8, 4) is 5.75 Å². The van der Waals surface area contributed by atoms with Gasteiger partial charge < -0.3 is 15.6 Å². The summed E-state index contributed by atoms with van der Waals surface area (Å²) in [5.41, 5.74) is 7.09. The molecule has 0 saturated heterocycles. The van der Waals surface area contributed by atoms with Crippen molar-refractivity contribution in [2.24, 2.45) is 5.73 Å². The number of rotatable bonds is 4. The van der Waals surface area contributed by atoms with E-state index in [1.54, 1.807) is 19.2 Å². The van der Waals surface area contributed by atoms with Crippen LogP contribution in [-0.2, 0) is 0 Å². The quantitative estimate of drug-likeness (QED) is 0.831. The molecule has 0 amide bonds. The van der Waals surface area contributed by atoms with Crippen molar-refractivity contribution in [2.45, 2.75) is 19.4 Å². The van der Waals surface area contributed by atoms with Crippen LogP contribution >= 0.6 is 11.6 Å². The molecule has 0 aliphatic carbocycles. The van der Waals surface area contributed by atoms with Crippen molar-refractivity contribution in [2.75, 3.05) is 13.7 Å². The third kappa shape index (κ3) is 2.84. The lowest BCUT2D eigenvalue weighted by molar-refractivity contribution is 0.169. The van der Waals surface area contributed by atoms with Crippen LogP contribution in [0, 0.1) is 6.92 Å². The zero-order valence-corrected chi connectivity index (χ0v) is 9.71. The Morgan fingerprint density at radius 2 is 2.20 bits per heavy atom. The minimum absolute atomic E-state index is 0.440. The Morgan fingerprint density at radius 3 is 2.73 bits per heavy atom. The summed E-state index contributed by atoms with van der Waals surface area (Å²) in [6, 6.07) is 3.48. The molecule has 1 unspecified atom stereocenters. The number of halogens is 1. The number of benzene rings is 1. The summed E-state index contributed by atoms with van der Waals surface area (Å²) in [4.78, 5) is 0. The molecule has 0 spiro atoms. The number of hydrogen-bond acceptors (Lipinski definition) is 3. The third-order valence-electron chi connectivity index (χ3n) is 2.38. The summed E-state index contributed by atoms with van der Waals surface area (Å²) in [6.45, 7) is 2.33. The Balaban J connectivity index is 3.11. The van der Waals surface area contributed by atoms with Crippen LogP contribution in [0.1, 0.15) is 23.7 Å². The molecule has 0 heterocycles. The molecule has 1 aromatic carbocycles. The summed E-state index contributed by atoms with van der Waals surface area (Å²) >= 11 is 5.92. The average Bonchev–Trinajstić information content (AvgIpc) is 2.21. The second-order valence-corrected chi connectivity index (χ2v) is 3.85.